The highest BCUT2D eigenvalue weighted by molar-refractivity contribution is 7.88. The van der Waals surface area contributed by atoms with Gasteiger partial charge < -0.3 is 28.3 Å². The smallest absolute Gasteiger partial charge is 0.450 e. The van der Waals surface area contributed by atoms with E-state index in [0.29, 0.717) is 42.7 Å². The second-order valence-corrected chi connectivity index (χ2v) is 22.6. The molecule has 3 heterocycles. The number of benzene rings is 4. The topological polar surface area (TPSA) is 159 Å². The molecule has 1 fully saturated rings. The van der Waals surface area contributed by atoms with E-state index in [9.17, 15) is 40.8 Å². The summed E-state index contributed by atoms with van der Waals surface area (Å²) in [6.45, 7) is 15.7. The van der Waals surface area contributed by atoms with E-state index in [4.69, 9.17) is 13.9 Å². The highest BCUT2D eigenvalue weighted by Gasteiger charge is 2.57. The van der Waals surface area contributed by atoms with E-state index >= 15 is 17.6 Å². The number of fused-ring (bicyclic) bond motifs is 7. The Kier molecular flexibility index (Phi) is 13.4. The predicted molar refractivity (Wildman–Crippen MR) is 250 cm³/mol. The van der Waals surface area contributed by atoms with E-state index in [1.165, 1.54) is 12.1 Å². The molecule has 2 aliphatic heterocycles. The van der Waals surface area contributed by atoms with E-state index in [0.717, 1.165) is 50.7 Å². The number of carbonyl (C=O) groups is 3. The van der Waals surface area contributed by atoms with Gasteiger partial charge >= 0.3 is 27.2 Å². The fourth-order valence-corrected chi connectivity index (χ4v) is 9.70. The number of amides is 1. The molecule has 0 bridgehead atoms. The van der Waals surface area contributed by atoms with Crippen LogP contribution in [-0.2, 0) is 20.5 Å². The van der Waals surface area contributed by atoms with Crippen LogP contribution in [0.25, 0.3) is 11.0 Å². The number of esters is 1. The van der Waals surface area contributed by atoms with Gasteiger partial charge in [0.2, 0.25) is 11.6 Å². The number of alkyl halides is 3. The lowest BCUT2D eigenvalue weighted by Gasteiger charge is -2.37. The molecule has 0 radical (unpaired) electrons. The van der Waals surface area contributed by atoms with Gasteiger partial charge in [-0.15, -0.1) is 0 Å². The van der Waals surface area contributed by atoms with Crippen LogP contribution in [0.15, 0.2) is 63.8 Å². The molecule has 5 aromatic rings. The molecule has 1 aromatic heterocycles. The number of nitrogens with one attached hydrogen (secondary N) is 1. The van der Waals surface area contributed by atoms with Crippen molar-refractivity contribution in [3.63, 3.8) is 0 Å². The molecule has 1 aliphatic carbocycles. The fraction of sp³-hybridized carbons (Fsp3) is 0.423. The molecule has 1 N–H and O–H groups in total. The molecule has 4 aromatic carbocycles. The average Bonchev–Trinajstić information content (AvgIpc) is 3.58. The van der Waals surface area contributed by atoms with Gasteiger partial charge in [-0.1, -0.05) is 47.6 Å². The maximum atomic E-state index is 16.1. The van der Waals surface area contributed by atoms with Crippen LogP contribution in [0, 0.1) is 46.9 Å². The molecule has 1 amide bonds. The molecule has 1 atom stereocenters. The van der Waals surface area contributed by atoms with Gasteiger partial charge in [0, 0.05) is 59.4 Å². The normalized spacial score (nSPS) is 18.8. The number of anilines is 1. The molecule has 1 saturated carbocycles. The van der Waals surface area contributed by atoms with Crippen LogP contribution in [0.3, 0.4) is 0 Å². The number of carbonyl (C=O) groups excluding carboxylic acids is 3. The number of ether oxygens (including phenoxy) is 2. The first-order valence-electron chi connectivity index (χ1n) is 23.2. The van der Waals surface area contributed by atoms with Crippen LogP contribution in [0.1, 0.15) is 140 Å². The van der Waals surface area contributed by atoms with Crippen molar-refractivity contribution in [2.24, 2.45) is 16.7 Å². The van der Waals surface area contributed by atoms with Crippen molar-refractivity contribution in [1.29, 1.82) is 0 Å². The largest absolute Gasteiger partial charge is 0.534 e. The maximum Gasteiger partial charge on any atom is 0.534 e. The maximum absolute atomic E-state index is 16.1. The Morgan fingerprint density at radius 3 is 2.01 bits per heavy atom. The van der Waals surface area contributed by atoms with Gasteiger partial charge in [-0.05, 0) is 105 Å². The highest BCUT2D eigenvalue weighted by Crippen LogP contribution is 2.59. The van der Waals surface area contributed by atoms with Crippen molar-refractivity contribution in [2.45, 2.75) is 111 Å². The number of nitrogens with zero attached hydrogens (tertiary/aromatic N) is 1. The van der Waals surface area contributed by atoms with E-state index < -0.39 is 102 Å². The summed E-state index contributed by atoms with van der Waals surface area (Å²) in [4.78, 5) is 56.6. The number of hydrogen-bond donors (Lipinski definition) is 1. The van der Waals surface area contributed by atoms with Crippen LogP contribution in [0.4, 0.5) is 36.4 Å². The summed E-state index contributed by atoms with van der Waals surface area (Å²) in [6, 6.07) is 11.2. The lowest BCUT2D eigenvalue weighted by atomic mass is 9.76. The van der Waals surface area contributed by atoms with Crippen LogP contribution in [-0.4, -0.2) is 50.7 Å². The van der Waals surface area contributed by atoms with Gasteiger partial charge in [0.1, 0.15) is 17.0 Å². The van der Waals surface area contributed by atoms with Crippen molar-refractivity contribution in [1.82, 2.24) is 5.32 Å². The first kappa shape index (κ1) is 51.9. The van der Waals surface area contributed by atoms with E-state index in [1.807, 2.05) is 18.2 Å². The van der Waals surface area contributed by atoms with Gasteiger partial charge in [-0.2, -0.15) is 26.0 Å². The molecular weight excluding hydrogens is 978 g/mol. The molecule has 0 saturated heterocycles. The summed E-state index contributed by atoms with van der Waals surface area (Å²) in [5, 5.41) is 3.49. The lowest BCUT2D eigenvalue weighted by molar-refractivity contribution is -0.0502. The zero-order valence-electron chi connectivity index (χ0n) is 40.3. The third-order valence-electron chi connectivity index (χ3n) is 13.4. The summed E-state index contributed by atoms with van der Waals surface area (Å²) < 4.78 is 147. The first-order chi connectivity index (χ1) is 33.5. The molecule has 1 spiro atoms. The standard InChI is InChI=1S/C52H51F7N2O10S/c1-26-37(53)24-35-43(41(26)55)69-44-36(25-38(54)45(42(44)56)71-72(66,67)52(57,58)59)51(35)34-22-28(11-15-32(34)48(65)70-51)39(62)20-27-8-12-30(13-9-27)60-46(63)33-21-29-10-14-31(23-40(29)68-47(33)64)61(18-16-49(2,3)4)19-17-50(5,6)7/h10-11,14-15,21-25,27,30H,8-9,12-13,16-20H2,1-7H3,(H,60,63). The van der Waals surface area contributed by atoms with Gasteiger partial charge in [-0.3, -0.25) is 9.59 Å². The average molecular weight is 1030 g/mol. The quantitative estimate of drug-likeness (QED) is 0.0316. The Morgan fingerprint density at radius 1 is 0.792 bits per heavy atom. The van der Waals surface area contributed by atoms with Crippen molar-refractivity contribution in [3.8, 4) is 17.2 Å². The van der Waals surface area contributed by atoms with Gasteiger partial charge in [0.05, 0.1) is 16.7 Å². The third-order valence-corrected chi connectivity index (χ3v) is 14.4. The second-order valence-electron chi connectivity index (χ2n) is 21.1. The third kappa shape index (κ3) is 9.89. The number of rotatable bonds is 12. The number of ketones is 1. The highest BCUT2D eigenvalue weighted by atomic mass is 32.2. The summed E-state index contributed by atoms with van der Waals surface area (Å²) in [5.74, 6) is -13.9. The zero-order valence-corrected chi connectivity index (χ0v) is 41.1. The zero-order chi connectivity index (χ0) is 52.6. The van der Waals surface area contributed by atoms with Crippen molar-refractivity contribution in [3.05, 3.63) is 127 Å². The predicted octanol–water partition coefficient (Wildman–Crippen LogP) is 11.7. The SMILES string of the molecule is Cc1c(F)cc2c(c1F)Oc1c(cc(F)c(OS(=O)(=O)C(F)(F)F)c1F)C21OC(=O)c2ccc(C(=O)CC3CCC(NC(=O)c4cc5ccc(N(CCC(C)(C)C)CCC(C)(C)C)cc5oc4=O)CC3)cc21. The lowest BCUT2D eigenvalue weighted by Crippen LogP contribution is -2.39. The fourth-order valence-electron chi connectivity index (χ4n) is 9.24. The van der Waals surface area contributed by atoms with Gasteiger partial charge in [0.15, 0.2) is 34.5 Å². The Morgan fingerprint density at radius 2 is 1.40 bits per heavy atom. The van der Waals surface area contributed by atoms with Crippen molar-refractivity contribution < 1.29 is 71.6 Å². The molecule has 3 aliphatic rings. The van der Waals surface area contributed by atoms with Crippen LogP contribution in [0.5, 0.6) is 17.2 Å². The number of Topliss-reactive ketones (excluding diaryl/α,β-unsaturated/α-hetero) is 1. The molecule has 8 rings (SSSR count). The monoisotopic (exact) mass is 1030 g/mol. The number of hydrogen-bond acceptors (Lipinski definition) is 11. The van der Waals surface area contributed by atoms with Crippen molar-refractivity contribution in [2.75, 3.05) is 18.0 Å². The van der Waals surface area contributed by atoms with Gasteiger partial charge in [0.25, 0.3) is 5.91 Å². The van der Waals surface area contributed by atoms with E-state index in [1.54, 1.807) is 0 Å². The minimum atomic E-state index is -6.67. The van der Waals surface area contributed by atoms with Gasteiger partial charge in [-0.25, -0.2) is 22.8 Å². The Hall–Kier alpha value is -6.44. The van der Waals surface area contributed by atoms with Crippen LogP contribution >= 0.6 is 0 Å². The van der Waals surface area contributed by atoms with E-state index in [2.05, 4.69) is 55.9 Å². The molecule has 384 valence electrons. The summed E-state index contributed by atoms with van der Waals surface area (Å²) in [6.07, 6.45) is 3.57. The minimum Gasteiger partial charge on any atom is -0.450 e. The van der Waals surface area contributed by atoms with Crippen LogP contribution < -0.4 is 24.8 Å². The molecule has 72 heavy (non-hydrogen) atoms. The molecular formula is C52H51F7N2O10S. The minimum absolute atomic E-state index is 0.0701. The molecule has 1 unspecified atom stereocenters. The Bertz CT molecular complexity index is 3210. The Labute approximate surface area is 409 Å². The summed E-state index contributed by atoms with van der Waals surface area (Å²) in [7, 11) is -6.67. The molecule has 20 heteroatoms. The Balaban J connectivity index is 0.997. The van der Waals surface area contributed by atoms with Crippen molar-refractivity contribution >= 4 is 44.4 Å². The number of halogens is 7. The molecule has 12 nitrogen and oxygen atoms in total. The summed E-state index contributed by atoms with van der Waals surface area (Å²) >= 11 is 0. The first-order valence-corrected chi connectivity index (χ1v) is 24.6. The summed E-state index contributed by atoms with van der Waals surface area (Å²) in [5.41, 5.74) is -11.3. The second kappa shape index (κ2) is 18.6. The van der Waals surface area contributed by atoms with Crippen LogP contribution in [0.2, 0.25) is 0 Å². The van der Waals surface area contributed by atoms with E-state index in [-0.39, 0.29) is 57.5 Å².